The molecule has 1 aromatic heterocycles. The van der Waals surface area contributed by atoms with Gasteiger partial charge >= 0.3 is 5.97 Å². The first-order valence-electron chi connectivity index (χ1n) is 4.73. The molecule has 0 saturated carbocycles. The number of allylic oxidation sites excluding steroid dienone is 1. The molecule has 1 aromatic rings. The van der Waals surface area contributed by atoms with Crippen LogP contribution in [0.1, 0.15) is 23.5 Å². The van der Waals surface area contributed by atoms with E-state index in [0.717, 1.165) is 0 Å². The number of hydrogen-bond acceptors (Lipinski definition) is 5. The number of rotatable bonds is 4. The summed E-state index contributed by atoms with van der Waals surface area (Å²) in [5.74, 6) is -1.86. The fraction of sp³-hybridized carbons (Fsp3) is 0.273. The second-order valence-electron chi connectivity index (χ2n) is 3.00. The van der Waals surface area contributed by atoms with Crippen LogP contribution in [0, 0.1) is 0 Å². The summed E-state index contributed by atoms with van der Waals surface area (Å²) in [5.41, 5.74) is 0.000833. The van der Waals surface area contributed by atoms with Gasteiger partial charge in [-0.3, -0.25) is 4.79 Å². The third-order valence-electron chi connectivity index (χ3n) is 1.91. The van der Waals surface area contributed by atoms with Gasteiger partial charge in [0.05, 0.1) is 11.5 Å². The molecular formula is C11H12O4S. The van der Waals surface area contributed by atoms with Crippen LogP contribution in [-0.2, 0) is 9.53 Å². The molecular weight excluding hydrogens is 228 g/mol. The van der Waals surface area contributed by atoms with Gasteiger partial charge in [-0.1, -0.05) is 6.07 Å². The van der Waals surface area contributed by atoms with Gasteiger partial charge in [0.15, 0.2) is 0 Å². The second-order valence-corrected chi connectivity index (χ2v) is 3.95. The summed E-state index contributed by atoms with van der Waals surface area (Å²) in [5, 5.41) is 11.2. The maximum atomic E-state index is 11.7. The van der Waals surface area contributed by atoms with Crippen LogP contribution in [0.2, 0.25) is 0 Å². The zero-order chi connectivity index (χ0) is 12.1. The lowest BCUT2D eigenvalue weighted by Gasteiger charge is -2.03. The molecule has 4 nitrogen and oxygen atoms in total. The fourth-order valence-corrected chi connectivity index (χ4v) is 1.77. The molecule has 0 bridgehead atoms. The Morgan fingerprint density at radius 3 is 2.69 bits per heavy atom. The molecule has 0 aliphatic carbocycles. The van der Waals surface area contributed by atoms with Crippen molar-refractivity contribution in [1.82, 2.24) is 0 Å². The molecule has 1 rings (SSSR count). The van der Waals surface area contributed by atoms with Crippen molar-refractivity contribution in [1.29, 1.82) is 0 Å². The molecule has 1 N–H and O–H groups in total. The third-order valence-corrected chi connectivity index (χ3v) is 2.78. The lowest BCUT2D eigenvalue weighted by Crippen LogP contribution is -2.12. The Balaban J connectivity index is 2.91. The van der Waals surface area contributed by atoms with Gasteiger partial charge < -0.3 is 9.84 Å². The molecule has 0 unspecified atom stereocenters. The minimum atomic E-state index is -0.870. The van der Waals surface area contributed by atoms with Crippen LogP contribution in [0.3, 0.4) is 0 Å². The quantitative estimate of drug-likeness (QED) is 0.379. The highest BCUT2D eigenvalue weighted by Gasteiger charge is 2.19. The first-order chi connectivity index (χ1) is 7.57. The Labute approximate surface area is 97.2 Å². The molecule has 86 valence electrons. The molecule has 0 spiro atoms. The van der Waals surface area contributed by atoms with Gasteiger partial charge in [-0.25, -0.2) is 4.79 Å². The Kier molecular flexibility index (Phi) is 4.25. The summed E-state index contributed by atoms with van der Waals surface area (Å²) >= 11 is 1.25. The van der Waals surface area contributed by atoms with Crippen LogP contribution in [-0.4, -0.2) is 23.5 Å². The lowest BCUT2D eigenvalue weighted by molar-refractivity contribution is -0.141. The molecule has 0 aliphatic rings. The zero-order valence-corrected chi connectivity index (χ0v) is 9.84. The van der Waals surface area contributed by atoms with E-state index >= 15 is 0 Å². The van der Waals surface area contributed by atoms with E-state index in [1.165, 1.54) is 18.3 Å². The van der Waals surface area contributed by atoms with Crippen molar-refractivity contribution in [3.8, 4) is 0 Å². The smallest absolute Gasteiger partial charge is 0.373 e. The van der Waals surface area contributed by atoms with Crippen molar-refractivity contribution < 1.29 is 19.4 Å². The van der Waals surface area contributed by atoms with E-state index in [0.29, 0.717) is 4.88 Å². The van der Waals surface area contributed by atoms with Gasteiger partial charge in [0.1, 0.15) is 0 Å². The van der Waals surface area contributed by atoms with E-state index in [9.17, 15) is 14.7 Å². The van der Waals surface area contributed by atoms with E-state index < -0.39 is 11.7 Å². The van der Waals surface area contributed by atoms with E-state index in [-0.39, 0.29) is 18.0 Å². The van der Waals surface area contributed by atoms with Crippen LogP contribution >= 0.6 is 11.3 Å². The van der Waals surface area contributed by atoms with Crippen LogP contribution in [0.5, 0.6) is 0 Å². The summed E-state index contributed by atoms with van der Waals surface area (Å²) < 4.78 is 4.60. The standard InChI is InChI=1S/C11H12O4S/c1-3-15-11(14)10(13)7(2)9(12)8-5-4-6-16-8/h4-6,13H,3H2,1-2H3. The normalized spacial score (nSPS) is 11.9. The molecule has 0 saturated heterocycles. The maximum absolute atomic E-state index is 11.7. The van der Waals surface area contributed by atoms with E-state index in [1.54, 1.807) is 24.4 Å². The minimum Gasteiger partial charge on any atom is -0.502 e. The molecule has 0 fully saturated rings. The molecule has 0 aliphatic heterocycles. The van der Waals surface area contributed by atoms with Crippen LogP contribution in [0.4, 0.5) is 0 Å². The van der Waals surface area contributed by atoms with Gasteiger partial charge in [-0.15, -0.1) is 11.3 Å². The van der Waals surface area contributed by atoms with Gasteiger partial charge in [0, 0.05) is 5.57 Å². The number of carbonyl (C=O) groups is 2. The predicted octanol–water partition coefficient (Wildman–Crippen LogP) is 2.33. The van der Waals surface area contributed by atoms with Gasteiger partial charge in [-0.05, 0) is 25.3 Å². The first kappa shape index (κ1) is 12.4. The molecule has 16 heavy (non-hydrogen) atoms. The fourth-order valence-electron chi connectivity index (χ4n) is 1.05. The number of esters is 1. The lowest BCUT2D eigenvalue weighted by atomic mass is 10.1. The SMILES string of the molecule is CCOC(=O)C(O)=C(C)C(=O)c1cccs1. The summed E-state index contributed by atoms with van der Waals surface area (Å²) in [4.78, 5) is 23.4. The van der Waals surface area contributed by atoms with Gasteiger partial charge in [-0.2, -0.15) is 0 Å². The van der Waals surface area contributed by atoms with Gasteiger partial charge in [0.2, 0.25) is 11.5 Å². The molecule has 0 aromatic carbocycles. The Morgan fingerprint density at radius 2 is 2.19 bits per heavy atom. The Hall–Kier alpha value is -1.62. The van der Waals surface area contributed by atoms with E-state index in [2.05, 4.69) is 4.74 Å². The third kappa shape index (κ3) is 2.70. The Bertz CT molecular complexity index is 417. The summed E-state index contributed by atoms with van der Waals surface area (Å²) in [7, 11) is 0. The molecule has 1 heterocycles. The zero-order valence-electron chi connectivity index (χ0n) is 9.02. The summed E-state index contributed by atoms with van der Waals surface area (Å²) in [6.07, 6.45) is 0. The molecule has 0 radical (unpaired) electrons. The number of ether oxygens (including phenoxy) is 1. The average molecular weight is 240 g/mol. The molecule has 5 heteroatoms. The number of aliphatic hydroxyl groups excluding tert-OH is 1. The number of Topliss-reactive ketones (excluding diaryl/α,β-unsaturated/α-hetero) is 1. The molecule has 0 amide bonds. The monoisotopic (exact) mass is 240 g/mol. The Morgan fingerprint density at radius 1 is 1.50 bits per heavy atom. The van der Waals surface area contributed by atoms with Crippen molar-refractivity contribution in [3.63, 3.8) is 0 Å². The predicted molar refractivity (Wildman–Crippen MR) is 60.6 cm³/mol. The number of ketones is 1. The number of carbonyl (C=O) groups excluding carboxylic acids is 2. The van der Waals surface area contributed by atoms with Crippen LogP contribution < -0.4 is 0 Å². The van der Waals surface area contributed by atoms with E-state index in [1.807, 2.05) is 0 Å². The maximum Gasteiger partial charge on any atom is 0.373 e. The van der Waals surface area contributed by atoms with Crippen molar-refractivity contribution in [2.45, 2.75) is 13.8 Å². The first-order valence-corrected chi connectivity index (χ1v) is 5.61. The summed E-state index contributed by atoms with van der Waals surface area (Å²) in [6, 6.07) is 3.36. The highest BCUT2D eigenvalue weighted by Crippen LogP contribution is 2.16. The van der Waals surface area contributed by atoms with Crippen molar-refractivity contribution >= 4 is 23.1 Å². The highest BCUT2D eigenvalue weighted by atomic mass is 32.1. The number of aliphatic hydroxyl groups is 1. The van der Waals surface area contributed by atoms with Crippen molar-refractivity contribution in [3.05, 3.63) is 33.7 Å². The van der Waals surface area contributed by atoms with Crippen LogP contribution in [0.15, 0.2) is 28.8 Å². The topological polar surface area (TPSA) is 63.6 Å². The van der Waals surface area contributed by atoms with Crippen molar-refractivity contribution in [2.75, 3.05) is 6.61 Å². The van der Waals surface area contributed by atoms with E-state index in [4.69, 9.17) is 0 Å². The van der Waals surface area contributed by atoms with Crippen LogP contribution in [0.25, 0.3) is 0 Å². The summed E-state index contributed by atoms with van der Waals surface area (Å²) in [6.45, 7) is 3.18. The molecule has 0 atom stereocenters. The average Bonchev–Trinajstić information content (AvgIpc) is 2.79. The second kappa shape index (κ2) is 5.46. The number of thiophene rings is 1. The minimum absolute atomic E-state index is 0.000833. The number of hydrogen-bond donors (Lipinski definition) is 1. The van der Waals surface area contributed by atoms with Gasteiger partial charge in [0.25, 0.3) is 0 Å². The largest absolute Gasteiger partial charge is 0.502 e. The van der Waals surface area contributed by atoms with Crippen molar-refractivity contribution in [2.24, 2.45) is 0 Å². The highest BCUT2D eigenvalue weighted by molar-refractivity contribution is 7.12.